The highest BCUT2D eigenvalue weighted by molar-refractivity contribution is 9.13. The zero-order chi connectivity index (χ0) is 13.3. The maximum atomic E-state index is 12.0. The molecule has 0 bridgehead atoms. The van der Waals surface area contributed by atoms with Gasteiger partial charge in [-0.1, -0.05) is 18.2 Å². The van der Waals surface area contributed by atoms with Crippen molar-refractivity contribution in [2.75, 3.05) is 0 Å². The van der Waals surface area contributed by atoms with Gasteiger partial charge in [0.05, 0.1) is 17.2 Å². The van der Waals surface area contributed by atoms with Crippen LogP contribution < -0.4 is 5.56 Å². The molecule has 2 aromatic rings. The summed E-state index contributed by atoms with van der Waals surface area (Å²) < 4.78 is 2.64. The standard InChI is InChI=1S/C13H12Br2N2O/c1-8-4-3-5-9(2)10(8)7-17-13(18)12(15)11(14)6-16-17/h3-6H,7H2,1-2H3. The topological polar surface area (TPSA) is 34.9 Å². The normalized spacial score (nSPS) is 10.7. The fourth-order valence-electron chi connectivity index (χ4n) is 1.81. The highest BCUT2D eigenvalue weighted by Crippen LogP contribution is 2.18. The predicted octanol–water partition coefficient (Wildman–Crippen LogP) is 3.43. The summed E-state index contributed by atoms with van der Waals surface area (Å²) in [6.45, 7) is 4.58. The van der Waals surface area contributed by atoms with Crippen LogP contribution in [-0.2, 0) is 6.54 Å². The van der Waals surface area contributed by atoms with Crippen molar-refractivity contribution >= 4 is 31.9 Å². The molecule has 0 fully saturated rings. The van der Waals surface area contributed by atoms with E-state index in [0.29, 0.717) is 15.5 Å². The lowest BCUT2D eigenvalue weighted by molar-refractivity contribution is 0.629. The lowest BCUT2D eigenvalue weighted by atomic mass is 10.0. The van der Waals surface area contributed by atoms with E-state index in [-0.39, 0.29) is 5.56 Å². The van der Waals surface area contributed by atoms with E-state index in [0.717, 1.165) is 5.56 Å². The molecular weight excluding hydrogens is 360 g/mol. The molecule has 2 rings (SSSR count). The summed E-state index contributed by atoms with van der Waals surface area (Å²) in [6.07, 6.45) is 1.62. The third-order valence-electron chi connectivity index (χ3n) is 2.89. The highest BCUT2D eigenvalue weighted by Gasteiger charge is 2.09. The Hall–Kier alpha value is -0.940. The smallest absolute Gasteiger partial charge is 0.266 e. The number of hydrogen-bond donors (Lipinski definition) is 0. The van der Waals surface area contributed by atoms with Gasteiger partial charge in [0.1, 0.15) is 4.47 Å². The molecule has 94 valence electrons. The first-order valence-corrected chi connectivity index (χ1v) is 7.05. The van der Waals surface area contributed by atoms with Crippen LogP contribution in [0.25, 0.3) is 0 Å². The lowest BCUT2D eigenvalue weighted by Crippen LogP contribution is -2.24. The minimum absolute atomic E-state index is 0.132. The predicted molar refractivity (Wildman–Crippen MR) is 78.9 cm³/mol. The van der Waals surface area contributed by atoms with Crippen LogP contribution in [0.15, 0.2) is 38.1 Å². The molecule has 1 aromatic heterocycles. The fraction of sp³-hybridized carbons (Fsp3) is 0.231. The Labute approximate surface area is 122 Å². The zero-order valence-corrected chi connectivity index (χ0v) is 13.2. The monoisotopic (exact) mass is 370 g/mol. The summed E-state index contributed by atoms with van der Waals surface area (Å²) in [5, 5.41) is 4.14. The summed E-state index contributed by atoms with van der Waals surface area (Å²) in [4.78, 5) is 12.0. The van der Waals surface area contributed by atoms with Crippen molar-refractivity contribution in [1.82, 2.24) is 9.78 Å². The van der Waals surface area contributed by atoms with E-state index < -0.39 is 0 Å². The maximum absolute atomic E-state index is 12.0. The lowest BCUT2D eigenvalue weighted by Gasteiger charge is -2.11. The van der Waals surface area contributed by atoms with Gasteiger partial charge in [0.2, 0.25) is 0 Å². The molecule has 1 aromatic carbocycles. The van der Waals surface area contributed by atoms with Gasteiger partial charge in [0.25, 0.3) is 5.56 Å². The van der Waals surface area contributed by atoms with Crippen LogP contribution in [0.3, 0.4) is 0 Å². The van der Waals surface area contributed by atoms with Gasteiger partial charge in [-0.25, -0.2) is 4.68 Å². The molecule has 5 heteroatoms. The molecule has 0 aliphatic rings. The van der Waals surface area contributed by atoms with Gasteiger partial charge in [-0.3, -0.25) is 4.79 Å². The van der Waals surface area contributed by atoms with Gasteiger partial charge < -0.3 is 0 Å². The average molecular weight is 372 g/mol. The Morgan fingerprint density at radius 1 is 1.22 bits per heavy atom. The van der Waals surface area contributed by atoms with E-state index in [1.807, 2.05) is 32.0 Å². The van der Waals surface area contributed by atoms with Crippen LogP contribution in [0, 0.1) is 13.8 Å². The number of hydrogen-bond acceptors (Lipinski definition) is 2. The van der Waals surface area contributed by atoms with Crippen LogP contribution in [-0.4, -0.2) is 9.78 Å². The van der Waals surface area contributed by atoms with Gasteiger partial charge >= 0.3 is 0 Å². The first kappa shape index (κ1) is 13.5. The fourth-order valence-corrected chi connectivity index (χ4v) is 2.37. The van der Waals surface area contributed by atoms with E-state index >= 15 is 0 Å². The van der Waals surface area contributed by atoms with Crippen molar-refractivity contribution in [3.63, 3.8) is 0 Å². The molecule has 1 heterocycles. The van der Waals surface area contributed by atoms with Gasteiger partial charge in [0.15, 0.2) is 0 Å². The third-order valence-corrected chi connectivity index (χ3v) is 4.79. The molecule has 3 nitrogen and oxygen atoms in total. The molecule has 0 aliphatic heterocycles. The maximum Gasteiger partial charge on any atom is 0.282 e. The second-order valence-electron chi connectivity index (χ2n) is 4.14. The Bertz CT molecular complexity index is 630. The average Bonchev–Trinajstić information content (AvgIpc) is 2.34. The van der Waals surface area contributed by atoms with Crippen molar-refractivity contribution in [2.45, 2.75) is 20.4 Å². The first-order chi connectivity index (χ1) is 8.50. The Balaban J connectivity index is 2.47. The van der Waals surface area contributed by atoms with E-state index in [1.165, 1.54) is 15.8 Å². The number of aryl methyl sites for hydroxylation is 2. The number of nitrogens with zero attached hydrogens (tertiary/aromatic N) is 2. The first-order valence-electron chi connectivity index (χ1n) is 5.47. The van der Waals surface area contributed by atoms with E-state index in [4.69, 9.17) is 0 Å². The summed E-state index contributed by atoms with van der Waals surface area (Å²) in [5.74, 6) is 0. The highest BCUT2D eigenvalue weighted by atomic mass is 79.9. The van der Waals surface area contributed by atoms with Crippen molar-refractivity contribution in [3.05, 3.63) is 60.4 Å². The quantitative estimate of drug-likeness (QED) is 0.810. The molecule has 0 radical (unpaired) electrons. The van der Waals surface area contributed by atoms with Gasteiger partial charge in [0, 0.05) is 0 Å². The minimum atomic E-state index is -0.132. The molecule has 0 spiro atoms. The van der Waals surface area contributed by atoms with E-state index in [1.54, 1.807) is 6.20 Å². The number of aromatic nitrogens is 2. The van der Waals surface area contributed by atoms with Crippen LogP contribution >= 0.6 is 31.9 Å². The minimum Gasteiger partial charge on any atom is -0.266 e. The zero-order valence-electron chi connectivity index (χ0n) is 10.1. The number of halogens is 2. The molecule has 18 heavy (non-hydrogen) atoms. The number of benzene rings is 1. The Kier molecular flexibility index (Phi) is 4.02. The third kappa shape index (κ3) is 2.57. The molecule has 0 unspecified atom stereocenters. The SMILES string of the molecule is Cc1cccc(C)c1Cn1ncc(Br)c(Br)c1=O. The van der Waals surface area contributed by atoms with Gasteiger partial charge in [-0.15, -0.1) is 0 Å². The van der Waals surface area contributed by atoms with Crippen molar-refractivity contribution in [2.24, 2.45) is 0 Å². The second kappa shape index (κ2) is 5.36. The summed E-state index contributed by atoms with van der Waals surface area (Å²) >= 11 is 6.53. The van der Waals surface area contributed by atoms with Crippen LogP contribution in [0.4, 0.5) is 0 Å². The van der Waals surface area contributed by atoms with Crippen LogP contribution in [0.1, 0.15) is 16.7 Å². The molecule has 0 aliphatic carbocycles. The van der Waals surface area contributed by atoms with Crippen LogP contribution in [0.5, 0.6) is 0 Å². The van der Waals surface area contributed by atoms with E-state index in [9.17, 15) is 4.79 Å². The molecule has 0 saturated carbocycles. The summed E-state index contributed by atoms with van der Waals surface area (Å²) in [6, 6.07) is 6.10. The van der Waals surface area contributed by atoms with Crippen molar-refractivity contribution in [3.8, 4) is 0 Å². The van der Waals surface area contributed by atoms with Crippen LogP contribution in [0.2, 0.25) is 0 Å². The molecular formula is C13H12Br2N2O. The van der Waals surface area contributed by atoms with Gasteiger partial charge in [-0.05, 0) is 62.4 Å². The summed E-state index contributed by atoms with van der Waals surface area (Å²) in [7, 11) is 0. The molecule has 0 saturated heterocycles. The Morgan fingerprint density at radius 2 is 1.83 bits per heavy atom. The van der Waals surface area contributed by atoms with Crippen molar-refractivity contribution in [1.29, 1.82) is 0 Å². The second-order valence-corrected chi connectivity index (χ2v) is 5.79. The largest absolute Gasteiger partial charge is 0.282 e. The molecule has 0 N–H and O–H groups in total. The molecule has 0 amide bonds. The number of rotatable bonds is 2. The Morgan fingerprint density at radius 3 is 2.44 bits per heavy atom. The summed E-state index contributed by atoms with van der Waals surface area (Å²) in [5.41, 5.74) is 3.35. The van der Waals surface area contributed by atoms with Crippen molar-refractivity contribution < 1.29 is 0 Å². The van der Waals surface area contributed by atoms with E-state index in [2.05, 4.69) is 37.0 Å². The molecule has 0 atom stereocenters. The van der Waals surface area contributed by atoms with Gasteiger partial charge in [-0.2, -0.15) is 5.10 Å².